The second-order valence-corrected chi connectivity index (χ2v) is 5.89. The minimum atomic E-state index is -0.855. The van der Waals surface area contributed by atoms with Crippen LogP contribution in [0.3, 0.4) is 0 Å². The third-order valence-electron chi connectivity index (χ3n) is 4.10. The third kappa shape index (κ3) is 2.66. The van der Waals surface area contributed by atoms with Crippen LogP contribution in [0.25, 0.3) is 11.0 Å². The summed E-state index contributed by atoms with van der Waals surface area (Å²) in [6.45, 7) is 5.37. The lowest BCUT2D eigenvalue weighted by molar-refractivity contribution is 0.0554. The zero-order chi connectivity index (χ0) is 15.0. The molecule has 3 N–H and O–H groups in total. The van der Waals surface area contributed by atoms with Gasteiger partial charge in [-0.1, -0.05) is 12.1 Å². The molecule has 1 atom stereocenters. The Bertz CT molecular complexity index is 684. The van der Waals surface area contributed by atoms with E-state index in [1.165, 1.54) is 0 Å². The van der Waals surface area contributed by atoms with Gasteiger partial charge in [0.05, 0.1) is 5.60 Å². The number of furan rings is 1. The van der Waals surface area contributed by atoms with Gasteiger partial charge in [-0.2, -0.15) is 0 Å². The van der Waals surface area contributed by atoms with Crippen molar-refractivity contribution in [2.45, 2.75) is 25.9 Å². The highest BCUT2D eigenvalue weighted by molar-refractivity contribution is 5.99. The molecule has 112 valence electrons. The zero-order valence-electron chi connectivity index (χ0n) is 12.3. The second kappa shape index (κ2) is 5.16. The monoisotopic (exact) mass is 288 g/mol. The maximum absolute atomic E-state index is 12.3. The van der Waals surface area contributed by atoms with E-state index in [1.807, 2.05) is 32.0 Å². The van der Waals surface area contributed by atoms with E-state index in [0.29, 0.717) is 18.7 Å². The van der Waals surface area contributed by atoms with Crippen LogP contribution in [0.1, 0.15) is 28.1 Å². The molecule has 0 bridgehead atoms. The number of aryl methyl sites for hydroxylation is 2. The average molecular weight is 288 g/mol. The Kier molecular flexibility index (Phi) is 3.47. The molecular weight excluding hydrogens is 268 g/mol. The summed E-state index contributed by atoms with van der Waals surface area (Å²) in [5, 5.41) is 17.0. The number of amides is 1. The molecule has 3 rings (SSSR count). The van der Waals surface area contributed by atoms with Crippen LogP contribution in [0.15, 0.2) is 22.6 Å². The molecule has 0 saturated carbocycles. The highest BCUT2D eigenvalue weighted by Gasteiger charge is 2.32. The Balaban J connectivity index is 1.79. The fourth-order valence-corrected chi connectivity index (χ4v) is 2.76. The summed E-state index contributed by atoms with van der Waals surface area (Å²) in [6.07, 6.45) is 0.644. The largest absolute Gasteiger partial charge is 0.451 e. The minimum Gasteiger partial charge on any atom is -0.451 e. The number of nitrogens with one attached hydrogen (secondary N) is 2. The van der Waals surface area contributed by atoms with Crippen molar-refractivity contribution in [2.24, 2.45) is 0 Å². The van der Waals surface area contributed by atoms with Gasteiger partial charge in [0.25, 0.3) is 5.91 Å². The van der Waals surface area contributed by atoms with Crippen LogP contribution < -0.4 is 10.6 Å². The first-order valence-corrected chi connectivity index (χ1v) is 7.20. The van der Waals surface area contributed by atoms with E-state index >= 15 is 0 Å². The van der Waals surface area contributed by atoms with Crippen molar-refractivity contribution in [2.75, 3.05) is 19.6 Å². The number of carbonyl (C=O) groups excluding carboxylic acids is 1. The van der Waals surface area contributed by atoms with E-state index in [1.54, 1.807) is 0 Å². The smallest absolute Gasteiger partial charge is 0.287 e. The first-order chi connectivity index (χ1) is 9.98. The van der Waals surface area contributed by atoms with Gasteiger partial charge in [0.15, 0.2) is 5.76 Å². The summed E-state index contributed by atoms with van der Waals surface area (Å²) >= 11 is 0. The van der Waals surface area contributed by atoms with Crippen LogP contribution in [0.2, 0.25) is 0 Å². The van der Waals surface area contributed by atoms with Crippen molar-refractivity contribution >= 4 is 16.9 Å². The molecular formula is C16H20N2O3. The Hall–Kier alpha value is -1.85. The summed E-state index contributed by atoms with van der Waals surface area (Å²) in [4.78, 5) is 12.3. The van der Waals surface area contributed by atoms with Gasteiger partial charge in [0, 0.05) is 24.0 Å². The molecule has 5 heteroatoms. The summed E-state index contributed by atoms with van der Waals surface area (Å²) < 4.78 is 5.68. The molecule has 1 fully saturated rings. The van der Waals surface area contributed by atoms with Gasteiger partial charge in [0.1, 0.15) is 5.58 Å². The molecule has 1 aliphatic heterocycles. The number of benzene rings is 1. The SMILES string of the molecule is Cc1ccc2c(C)c(C(=O)NC[C@@]3(O)CCNC3)oc2c1. The predicted octanol–water partition coefficient (Wildman–Crippen LogP) is 1.50. The molecule has 21 heavy (non-hydrogen) atoms. The normalized spacial score (nSPS) is 21.9. The number of hydrogen-bond acceptors (Lipinski definition) is 4. The van der Waals surface area contributed by atoms with Crippen LogP contribution in [0, 0.1) is 13.8 Å². The van der Waals surface area contributed by atoms with Crippen molar-refractivity contribution in [3.63, 3.8) is 0 Å². The number of fused-ring (bicyclic) bond motifs is 1. The van der Waals surface area contributed by atoms with Crippen molar-refractivity contribution in [3.8, 4) is 0 Å². The first kappa shape index (κ1) is 14.1. The predicted molar refractivity (Wildman–Crippen MR) is 80.5 cm³/mol. The van der Waals surface area contributed by atoms with E-state index < -0.39 is 5.60 Å². The van der Waals surface area contributed by atoms with Crippen LogP contribution in [-0.4, -0.2) is 36.2 Å². The zero-order valence-corrected chi connectivity index (χ0v) is 12.3. The molecule has 1 aromatic carbocycles. The number of hydrogen-bond donors (Lipinski definition) is 3. The van der Waals surface area contributed by atoms with Crippen molar-refractivity contribution in [3.05, 3.63) is 35.1 Å². The molecule has 5 nitrogen and oxygen atoms in total. The molecule has 1 aromatic heterocycles. The highest BCUT2D eigenvalue weighted by Crippen LogP contribution is 2.26. The van der Waals surface area contributed by atoms with Crippen LogP contribution >= 0.6 is 0 Å². The van der Waals surface area contributed by atoms with Crippen molar-refractivity contribution in [1.82, 2.24) is 10.6 Å². The molecule has 0 radical (unpaired) electrons. The van der Waals surface area contributed by atoms with Crippen molar-refractivity contribution < 1.29 is 14.3 Å². The standard InChI is InChI=1S/C16H20N2O3/c1-10-3-4-12-11(2)14(21-13(12)7-10)15(19)18-9-16(20)5-6-17-8-16/h3-4,7,17,20H,5-6,8-9H2,1-2H3,(H,18,19)/t16-/m1/s1. The van der Waals surface area contributed by atoms with E-state index in [2.05, 4.69) is 10.6 Å². The average Bonchev–Trinajstić information content (AvgIpc) is 3.01. The Morgan fingerprint density at radius 3 is 3.00 bits per heavy atom. The maximum atomic E-state index is 12.3. The van der Waals surface area contributed by atoms with Crippen LogP contribution in [-0.2, 0) is 0 Å². The number of carbonyl (C=O) groups is 1. The van der Waals surface area contributed by atoms with Gasteiger partial charge in [0.2, 0.25) is 0 Å². The molecule has 0 spiro atoms. The van der Waals surface area contributed by atoms with E-state index in [0.717, 1.165) is 28.6 Å². The van der Waals surface area contributed by atoms with Gasteiger partial charge < -0.3 is 20.2 Å². The summed E-state index contributed by atoms with van der Waals surface area (Å²) in [5.41, 5.74) is 1.79. The van der Waals surface area contributed by atoms with E-state index in [4.69, 9.17) is 4.42 Å². The summed E-state index contributed by atoms with van der Waals surface area (Å²) in [5.74, 6) is 0.0480. The maximum Gasteiger partial charge on any atom is 0.287 e. The summed E-state index contributed by atoms with van der Waals surface area (Å²) in [6, 6.07) is 5.89. The molecule has 0 aliphatic carbocycles. The Morgan fingerprint density at radius 1 is 1.48 bits per heavy atom. The Labute approximate surface area is 123 Å². The number of rotatable bonds is 3. The van der Waals surface area contributed by atoms with Crippen molar-refractivity contribution in [1.29, 1.82) is 0 Å². The van der Waals surface area contributed by atoms with E-state index in [-0.39, 0.29) is 12.5 Å². The second-order valence-electron chi connectivity index (χ2n) is 5.89. The van der Waals surface area contributed by atoms with Gasteiger partial charge in [-0.05, 0) is 38.4 Å². The molecule has 1 aliphatic rings. The quantitative estimate of drug-likeness (QED) is 0.800. The molecule has 1 amide bonds. The van der Waals surface area contributed by atoms with Gasteiger partial charge in [-0.15, -0.1) is 0 Å². The summed E-state index contributed by atoms with van der Waals surface area (Å²) in [7, 11) is 0. The highest BCUT2D eigenvalue weighted by atomic mass is 16.3. The van der Waals surface area contributed by atoms with Gasteiger partial charge in [-0.3, -0.25) is 4.79 Å². The topological polar surface area (TPSA) is 74.5 Å². The third-order valence-corrected chi connectivity index (χ3v) is 4.10. The fraction of sp³-hybridized carbons (Fsp3) is 0.438. The van der Waals surface area contributed by atoms with Crippen LogP contribution in [0.4, 0.5) is 0 Å². The molecule has 0 unspecified atom stereocenters. The lowest BCUT2D eigenvalue weighted by Crippen LogP contribution is -2.44. The molecule has 1 saturated heterocycles. The lowest BCUT2D eigenvalue weighted by atomic mass is 10.0. The Morgan fingerprint density at radius 2 is 2.29 bits per heavy atom. The first-order valence-electron chi connectivity index (χ1n) is 7.20. The lowest BCUT2D eigenvalue weighted by Gasteiger charge is -2.21. The van der Waals surface area contributed by atoms with Gasteiger partial charge in [-0.25, -0.2) is 0 Å². The molecule has 2 aromatic rings. The minimum absolute atomic E-state index is 0.231. The van der Waals surface area contributed by atoms with Crippen LogP contribution in [0.5, 0.6) is 0 Å². The fourth-order valence-electron chi connectivity index (χ4n) is 2.76. The van der Waals surface area contributed by atoms with E-state index in [9.17, 15) is 9.90 Å². The molecule has 2 heterocycles. The van der Waals surface area contributed by atoms with Gasteiger partial charge >= 0.3 is 0 Å². The number of aliphatic hydroxyl groups is 1. The number of β-amino-alcohol motifs (C(OH)–C–C–N with tert-alkyl or cyclic N) is 1.